The Balaban J connectivity index is 2.25. The average molecular weight is 438 g/mol. The minimum atomic E-state index is -1.26. The molecule has 8 heteroatoms. The topological polar surface area (TPSA) is 43.4 Å². The SMILES string of the molecule is O=C(OC(=O)c1cc(F)c(F)cc1Br)c1ccc(F)cc1Br. The highest BCUT2D eigenvalue weighted by Crippen LogP contribution is 2.23. The molecule has 0 spiro atoms. The summed E-state index contributed by atoms with van der Waals surface area (Å²) in [5.74, 6) is -5.24. The molecule has 114 valence electrons. The van der Waals surface area contributed by atoms with E-state index in [0.29, 0.717) is 6.07 Å². The Bertz CT molecular complexity index is 778. The minimum absolute atomic E-state index is 0.0672. The van der Waals surface area contributed by atoms with Crippen LogP contribution < -0.4 is 0 Å². The van der Waals surface area contributed by atoms with Crippen molar-refractivity contribution in [2.24, 2.45) is 0 Å². The maximum atomic E-state index is 13.2. The van der Waals surface area contributed by atoms with Crippen molar-refractivity contribution in [3.05, 3.63) is 67.9 Å². The molecule has 2 aromatic rings. The monoisotopic (exact) mass is 436 g/mol. The van der Waals surface area contributed by atoms with Crippen molar-refractivity contribution >= 4 is 43.8 Å². The van der Waals surface area contributed by atoms with Crippen molar-refractivity contribution in [1.82, 2.24) is 0 Å². The predicted molar refractivity (Wildman–Crippen MR) is 77.9 cm³/mol. The van der Waals surface area contributed by atoms with E-state index in [1.54, 1.807) is 0 Å². The van der Waals surface area contributed by atoms with Gasteiger partial charge in [-0.15, -0.1) is 0 Å². The fraction of sp³-hybridized carbons (Fsp3) is 0. The molecule has 0 heterocycles. The van der Waals surface area contributed by atoms with E-state index >= 15 is 0 Å². The summed E-state index contributed by atoms with van der Waals surface area (Å²) in [5, 5.41) is 0. The number of benzene rings is 2. The number of carbonyl (C=O) groups excluding carboxylic acids is 2. The highest BCUT2D eigenvalue weighted by atomic mass is 79.9. The number of carbonyl (C=O) groups is 2. The molecule has 2 aromatic carbocycles. The third kappa shape index (κ3) is 3.56. The number of esters is 2. The normalized spacial score (nSPS) is 10.4. The largest absolute Gasteiger partial charge is 0.386 e. The zero-order valence-corrected chi connectivity index (χ0v) is 13.7. The van der Waals surface area contributed by atoms with Crippen molar-refractivity contribution < 1.29 is 27.5 Å². The molecule has 0 bridgehead atoms. The number of hydrogen-bond donors (Lipinski definition) is 0. The van der Waals surface area contributed by atoms with Gasteiger partial charge in [-0.25, -0.2) is 22.8 Å². The Kier molecular flexibility index (Phi) is 5.02. The highest BCUT2D eigenvalue weighted by molar-refractivity contribution is 9.10. The van der Waals surface area contributed by atoms with Gasteiger partial charge in [0.1, 0.15) is 5.82 Å². The molecule has 0 aliphatic heterocycles. The molecule has 0 aliphatic carbocycles. The second-order valence-electron chi connectivity index (χ2n) is 4.05. The van der Waals surface area contributed by atoms with Crippen LogP contribution in [-0.4, -0.2) is 11.9 Å². The first-order chi connectivity index (χ1) is 10.3. The van der Waals surface area contributed by atoms with Gasteiger partial charge < -0.3 is 4.74 Å². The molecular weight excluding hydrogens is 433 g/mol. The van der Waals surface area contributed by atoms with Crippen LogP contribution >= 0.6 is 31.9 Å². The Hall–Kier alpha value is -1.67. The lowest BCUT2D eigenvalue weighted by Crippen LogP contribution is -2.14. The number of rotatable bonds is 2. The highest BCUT2D eigenvalue weighted by Gasteiger charge is 2.21. The summed E-state index contributed by atoms with van der Waals surface area (Å²) >= 11 is 5.83. The molecule has 3 nitrogen and oxygen atoms in total. The van der Waals surface area contributed by atoms with Gasteiger partial charge in [0.15, 0.2) is 11.6 Å². The van der Waals surface area contributed by atoms with E-state index < -0.39 is 29.4 Å². The smallest absolute Gasteiger partial charge is 0.347 e. The zero-order chi connectivity index (χ0) is 16.4. The van der Waals surface area contributed by atoms with Gasteiger partial charge in [-0.1, -0.05) is 0 Å². The van der Waals surface area contributed by atoms with Gasteiger partial charge in [0, 0.05) is 8.95 Å². The van der Waals surface area contributed by atoms with E-state index in [-0.39, 0.29) is 20.1 Å². The molecule has 0 amide bonds. The van der Waals surface area contributed by atoms with Crippen molar-refractivity contribution in [2.45, 2.75) is 0 Å². The lowest BCUT2D eigenvalue weighted by molar-refractivity contribution is 0.0396. The van der Waals surface area contributed by atoms with Crippen molar-refractivity contribution in [3.8, 4) is 0 Å². The maximum Gasteiger partial charge on any atom is 0.347 e. The summed E-state index contributed by atoms with van der Waals surface area (Å²) in [6, 6.07) is 4.50. The van der Waals surface area contributed by atoms with Crippen LogP contribution in [0, 0.1) is 17.5 Å². The molecule has 0 aromatic heterocycles. The van der Waals surface area contributed by atoms with Gasteiger partial charge in [-0.2, -0.15) is 0 Å². The summed E-state index contributed by atoms with van der Waals surface area (Å²) in [7, 11) is 0. The summed E-state index contributed by atoms with van der Waals surface area (Å²) in [5.41, 5.74) is -0.445. The van der Waals surface area contributed by atoms with Crippen LogP contribution in [0.15, 0.2) is 39.3 Å². The third-order valence-corrected chi connectivity index (χ3v) is 3.88. The quantitative estimate of drug-likeness (QED) is 0.391. The first-order valence-electron chi connectivity index (χ1n) is 5.65. The van der Waals surface area contributed by atoms with Crippen molar-refractivity contribution in [2.75, 3.05) is 0 Å². The first kappa shape index (κ1) is 16.7. The standard InChI is InChI=1S/C14H5Br2F3O3/c15-9-3-6(17)1-2-7(9)13(20)22-14(21)8-4-11(18)12(19)5-10(8)16/h1-5H. The molecule has 0 N–H and O–H groups in total. The number of ether oxygens (including phenoxy) is 1. The van der Waals surface area contributed by atoms with Gasteiger partial charge >= 0.3 is 11.9 Å². The lowest BCUT2D eigenvalue weighted by atomic mass is 10.2. The molecule has 2 rings (SSSR count). The van der Waals surface area contributed by atoms with Gasteiger partial charge in [0.25, 0.3) is 0 Å². The van der Waals surface area contributed by atoms with E-state index in [4.69, 9.17) is 0 Å². The predicted octanol–water partition coefficient (Wildman–Crippen LogP) is 4.63. The number of halogens is 5. The molecule has 0 fully saturated rings. The average Bonchev–Trinajstić information content (AvgIpc) is 2.42. The Labute approximate surface area is 139 Å². The van der Waals surface area contributed by atoms with Crippen LogP contribution in [0.2, 0.25) is 0 Å². The molecule has 0 unspecified atom stereocenters. The summed E-state index contributed by atoms with van der Waals surface area (Å²) in [4.78, 5) is 23.7. The Morgan fingerprint density at radius 3 is 2.00 bits per heavy atom. The molecular formula is C14H5Br2F3O3. The fourth-order valence-corrected chi connectivity index (χ4v) is 2.52. The van der Waals surface area contributed by atoms with E-state index in [1.165, 1.54) is 0 Å². The minimum Gasteiger partial charge on any atom is -0.386 e. The van der Waals surface area contributed by atoms with Crippen molar-refractivity contribution in [3.63, 3.8) is 0 Å². The summed E-state index contributed by atoms with van der Waals surface area (Å²) in [6.45, 7) is 0. The van der Waals surface area contributed by atoms with Crippen LogP contribution in [0.1, 0.15) is 20.7 Å². The maximum absolute atomic E-state index is 13.2. The van der Waals surface area contributed by atoms with Gasteiger partial charge in [-0.05, 0) is 62.2 Å². The van der Waals surface area contributed by atoms with Crippen LogP contribution in [0.3, 0.4) is 0 Å². The van der Waals surface area contributed by atoms with Crippen LogP contribution in [0.5, 0.6) is 0 Å². The lowest BCUT2D eigenvalue weighted by Gasteiger charge is -2.07. The Morgan fingerprint density at radius 1 is 0.818 bits per heavy atom. The van der Waals surface area contributed by atoms with E-state index in [0.717, 1.165) is 24.3 Å². The van der Waals surface area contributed by atoms with E-state index in [9.17, 15) is 22.8 Å². The molecule has 0 saturated carbocycles. The second-order valence-corrected chi connectivity index (χ2v) is 5.76. The molecule has 0 atom stereocenters. The molecule has 0 aliphatic rings. The van der Waals surface area contributed by atoms with Gasteiger partial charge in [0.05, 0.1) is 11.1 Å². The van der Waals surface area contributed by atoms with Crippen LogP contribution in [0.25, 0.3) is 0 Å². The molecule has 0 saturated heterocycles. The van der Waals surface area contributed by atoms with Crippen LogP contribution in [0.4, 0.5) is 13.2 Å². The first-order valence-corrected chi connectivity index (χ1v) is 7.24. The van der Waals surface area contributed by atoms with E-state index in [1.807, 2.05) is 0 Å². The van der Waals surface area contributed by atoms with E-state index in [2.05, 4.69) is 36.6 Å². The fourth-order valence-electron chi connectivity index (χ4n) is 1.53. The molecule has 22 heavy (non-hydrogen) atoms. The number of hydrogen-bond acceptors (Lipinski definition) is 3. The second kappa shape index (κ2) is 6.62. The van der Waals surface area contributed by atoms with Crippen LogP contribution in [-0.2, 0) is 4.74 Å². The summed E-state index contributed by atoms with van der Waals surface area (Å²) in [6.07, 6.45) is 0. The van der Waals surface area contributed by atoms with Gasteiger partial charge in [-0.3, -0.25) is 0 Å². The zero-order valence-electron chi connectivity index (χ0n) is 10.5. The molecule has 0 radical (unpaired) electrons. The third-order valence-electron chi connectivity index (χ3n) is 2.57. The van der Waals surface area contributed by atoms with Crippen molar-refractivity contribution in [1.29, 1.82) is 0 Å². The summed E-state index contributed by atoms with van der Waals surface area (Å²) < 4.78 is 43.7. The Morgan fingerprint density at radius 2 is 1.36 bits per heavy atom. The van der Waals surface area contributed by atoms with Gasteiger partial charge in [0.2, 0.25) is 0 Å².